The average Bonchev–Trinajstić information content (AvgIpc) is 2.81. The van der Waals surface area contributed by atoms with Crippen molar-refractivity contribution in [3.8, 4) is 0 Å². The first-order valence-electron chi connectivity index (χ1n) is 5.81. The molecule has 0 amide bonds. The van der Waals surface area contributed by atoms with Crippen LogP contribution in [0.15, 0.2) is 64.5 Å². The normalized spacial score (nSPS) is 10.9. The van der Waals surface area contributed by atoms with Crippen molar-refractivity contribution in [3.63, 3.8) is 0 Å². The molecular formula is C15H13NOS. The quantitative estimate of drug-likeness (QED) is 0.746. The van der Waals surface area contributed by atoms with Crippen molar-refractivity contribution in [2.45, 2.75) is 16.5 Å². The number of para-hydroxylation sites is 1. The molecule has 0 saturated heterocycles. The zero-order chi connectivity index (χ0) is 12.4. The lowest BCUT2D eigenvalue weighted by atomic mass is 10.2. The molecule has 3 heteroatoms. The van der Waals surface area contributed by atoms with Gasteiger partial charge >= 0.3 is 0 Å². The third-order valence-corrected chi connectivity index (χ3v) is 3.93. The minimum atomic E-state index is 0.0728. The average molecular weight is 255 g/mol. The molecule has 3 aromatic rings. The van der Waals surface area contributed by atoms with E-state index in [4.69, 9.17) is 0 Å². The van der Waals surface area contributed by atoms with Crippen LogP contribution in [0.1, 0.15) is 5.56 Å². The van der Waals surface area contributed by atoms with E-state index >= 15 is 0 Å². The lowest BCUT2D eigenvalue weighted by molar-refractivity contribution is 0.279. The minimum absolute atomic E-state index is 0.0728. The maximum atomic E-state index is 9.31. The van der Waals surface area contributed by atoms with E-state index in [9.17, 15) is 5.11 Å². The molecule has 0 spiro atoms. The number of aromatic nitrogens is 1. The number of hydrogen-bond acceptors (Lipinski definition) is 2. The van der Waals surface area contributed by atoms with Gasteiger partial charge in [0.15, 0.2) is 0 Å². The van der Waals surface area contributed by atoms with Crippen LogP contribution < -0.4 is 0 Å². The lowest BCUT2D eigenvalue weighted by Crippen LogP contribution is -1.86. The summed E-state index contributed by atoms with van der Waals surface area (Å²) in [6, 6.07) is 18.3. The van der Waals surface area contributed by atoms with Gasteiger partial charge in [0.05, 0.1) is 11.6 Å². The topological polar surface area (TPSA) is 36.0 Å². The number of nitrogens with one attached hydrogen (secondary N) is 1. The number of aliphatic hydroxyl groups is 1. The van der Waals surface area contributed by atoms with Gasteiger partial charge in [0, 0.05) is 15.8 Å². The summed E-state index contributed by atoms with van der Waals surface area (Å²) in [5.74, 6) is 0. The van der Waals surface area contributed by atoms with Crippen LogP contribution in [0.5, 0.6) is 0 Å². The Hall–Kier alpha value is -1.71. The monoisotopic (exact) mass is 255 g/mol. The van der Waals surface area contributed by atoms with Crippen LogP contribution in [0.25, 0.3) is 10.9 Å². The third-order valence-electron chi connectivity index (χ3n) is 2.87. The second-order valence-corrected chi connectivity index (χ2v) is 5.17. The highest BCUT2D eigenvalue weighted by atomic mass is 32.2. The van der Waals surface area contributed by atoms with Crippen LogP contribution in [0.4, 0.5) is 0 Å². The van der Waals surface area contributed by atoms with Crippen LogP contribution in [-0.2, 0) is 6.61 Å². The van der Waals surface area contributed by atoms with E-state index in [-0.39, 0.29) is 6.61 Å². The Morgan fingerprint density at radius 3 is 2.61 bits per heavy atom. The first-order chi connectivity index (χ1) is 8.86. The molecule has 0 radical (unpaired) electrons. The van der Waals surface area contributed by atoms with Crippen molar-refractivity contribution < 1.29 is 5.11 Å². The summed E-state index contributed by atoms with van der Waals surface area (Å²) in [4.78, 5) is 4.47. The van der Waals surface area contributed by atoms with Gasteiger partial charge in [-0.3, -0.25) is 0 Å². The molecule has 0 fully saturated rings. The first-order valence-corrected chi connectivity index (χ1v) is 6.63. The molecule has 90 valence electrons. The predicted octanol–water partition coefficient (Wildman–Crippen LogP) is 3.81. The first kappa shape index (κ1) is 11.4. The molecule has 0 saturated carbocycles. The molecule has 2 N–H and O–H groups in total. The number of aromatic amines is 1. The molecule has 0 atom stereocenters. The highest BCUT2D eigenvalue weighted by molar-refractivity contribution is 7.99. The number of aliphatic hydroxyl groups excluding tert-OH is 1. The minimum Gasteiger partial charge on any atom is -0.392 e. The van der Waals surface area contributed by atoms with E-state index in [1.807, 2.05) is 36.4 Å². The molecule has 3 rings (SSSR count). The number of fused-ring (bicyclic) bond motifs is 1. The van der Waals surface area contributed by atoms with Crippen LogP contribution in [0, 0.1) is 0 Å². The lowest BCUT2D eigenvalue weighted by Gasteiger charge is -2.04. The highest BCUT2D eigenvalue weighted by Gasteiger charge is 2.05. The maximum Gasteiger partial charge on any atom is 0.0781 e. The molecule has 1 heterocycles. The van der Waals surface area contributed by atoms with Crippen molar-refractivity contribution in [1.82, 2.24) is 4.98 Å². The van der Waals surface area contributed by atoms with Gasteiger partial charge in [-0.2, -0.15) is 0 Å². The molecule has 2 aromatic carbocycles. The number of hydrogen-bond donors (Lipinski definition) is 2. The second-order valence-electron chi connectivity index (χ2n) is 4.09. The molecule has 0 aliphatic carbocycles. The summed E-state index contributed by atoms with van der Waals surface area (Å²) < 4.78 is 0. The largest absolute Gasteiger partial charge is 0.392 e. The van der Waals surface area contributed by atoms with Crippen LogP contribution in [0.2, 0.25) is 0 Å². The summed E-state index contributed by atoms with van der Waals surface area (Å²) >= 11 is 1.65. The van der Waals surface area contributed by atoms with E-state index in [1.54, 1.807) is 11.8 Å². The number of benzene rings is 2. The van der Waals surface area contributed by atoms with Crippen molar-refractivity contribution >= 4 is 22.7 Å². The zero-order valence-corrected chi connectivity index (χ0v) is 10.6. The van der Waals surface area contributed by atoms with Crippen molar-refractivity contribution in [2.75, 3.05) is 0 Å². The predicted molar refractivity (Wildman–Crippen MR) is 74.8 cm³/mol. The molecule has 0 unspecified atom stereocenters. The van der Waals surface area contributed by atoms with E-state index in [0.29, 0.717) is 0 Å². The van der Waals surface area contributed by atoms with Crippen LogP contribution >= 0.6 is 11.8 Å². The smallest absolute Gasteiger partial charge is 0.0781 e. The van der Waals surface area contributed by atoms with E-state index in [2.05, 4.69) is 23.2 Å². The van der Waals surface area contributed by atoms with Gasteiger partial charge in [0.1, 0.15) is 0 Å². The Labute approximate surface area is 110 Å². The van der Waals surface area contributed by atoms with Gasteiger partial charge < -0.3 is 10.1 Å². The Kier molecular flexibility index (Phi) is 3.09. The van der Waals surface area contributed by atoms with Gasteiger partial charge in [-0.1, -0.05) is 48.2 Å². The fourth-order valence-corrected chi connectivity index (χ4v) is 2.95. The van der Waals surface area contributed by atoms with Crippen molar-refractivity contribution in [2.24, 2.45) is 0 Å². The van der Waals surface area contributed by atoms with Crippen molar-refractivity contribution in [1.29, 1.82) is 0 Å². The maximum absolute atomic E-state index is 9.31. The van der Waals surface area contributed by atoms with E-state index in [1.165, 1.54) is 5.39 Å². The number of rotatable bonds is 3. The molecule has 0 aliphatic heterocycles. The van der Waals surface area contributed by atoms with E-state index < -0.39 is 0 Å². The number of H-pyrrole nitrogens is 1. The second kappa shape index (κ2) is 4.88. The summed E-state index contributed by atoms with van der Waals surface area (Å²) in [6.07, 6.45) is 0. The fraction of sp³-hybridized carbons (Fsp3) is 0.0667. The fourth-order valence-electron chi connectivity index (χ4n) is 1.95. The Morgan fingerprint density at radius 1 is 1.00 bits per heavy atom. The third kappa shape index (κ3) is 2.15. The van der Waals surface area contributed by atoms with Crippen LogP contribution in [0.3, 0.4) is 0 Å². The van der Waals surface area contributed by atoms with Gasteiger partial charge in [-0.25, -0.2) is 0 Å². The molecule has 0 aliphatic rings. The molecule has 18 heavy (non-hydrogen) atoms. The summed E-state index contributed by atoms with van der Waals surface area (Å²) in [5.41, 5.74) is 2.10. The molecule has 1 aromatic heterocycles. The summed E-state index contributed by atoms with van der Waals surface area (Å²) in [5, 5.41) is 11.6. The van der Waals surface area contributed by atoms with Gasteiger partial charge in [-0.05, 0) is 23.8 Å². The SMILES string of the molecule is OCc1ccccc1Sc1cc2ccccc2[nH]1. The molecular weight excluding hydrogens is 242 g/mol. The van der Waals surface area contributed by atoms with Crippen LogP contribution in [-0.4, -0.2) is 10.1 Å². The highest BCUT2D eigenvalue weighted by Crippen LogP contribution is 2.31. The standard InChI is InChI=1S/C15H13NOS/c17-10-12-6-2-4-8-14(12)18-15-9-11-5-1-3-7-13(11)16-15/h1-9,16-17H,10H2. The Morgan fingerprint density at radius 2 is 1.78 bits per heavy atom. The summed E-state index contributed by atoms with van der Waals surface area (Å²) in [7, 11) is 0. The van der Waals surface area contributed by atoms with Crippen molar-refractivity contribution in [3.05, 3.63) is 60.2 Å². The van der Waals surface area contributed by atoms with Gasteiger partial charge in [0.2, 0.25) is 0 Å². The summed E-state index contributed by atoms with van der Waals surface area (Å²) in [6.45, 7) is 0.0728. The zero-order valence-electron chi connectivity index (χ0n) is 9.76. The Balaban J connectivity index is 1.96. The Bertz CT molecular complexity index is 642. The van der Waals surface area contributed by atoms with E-state index in [0.717, 1.165) is 21.0 Å². The van der Waals surface area contributed by atoms with Gasteiger partial charge in [0.25, 0.3) is 0 Å². The van der Waals surface area contributed by atoms with Gasteiger partial charge in [-0.15, -0.1) is 0 Å². The molecule has 2 nitrogen and oxygen atoms in total. The molecule has 0 bridgehead atoms.